The topological polar surface area (TPSA) is 26.3 Å². The highest BCUT2D eigenvalue weighted by Gasteiger charge is 1.90. The zero-order valence-electron chi connectivity index (χ0n) is 6.52. The number of ether oxygens (including phenoxy) is 1. The van der Waals surface area contributed by atoms with E-state index in [0.717, 1.165) is 19.3 Å². The number of carbonyl (C=O) groups excluding carboxylic acids is 1. The van der Waals surface area contributed by atoms with Gasteiger partial charge in [0.05, 0.1) is 6.61 Å². The summed E-state index contributed by atoms with van der Waals surface area (Å²) in [6, 6.07) is 0. The highest BCUT2D eigenvalue weighted by molar-refractivity contribution is 9.12. The molecule has 0 aromatic heterocycles. The summed E-state index contributed by atoms with van der Waals surface area (Å²) in [6.07, 6.45) is 2.72. The molecular formula is C8H11BrO2. The fourth-order valence-electron chi connectivity index (χ4n) is 0.579. The lowest BCUT2D eigenvalue weighted by molar-refractivity contribution is -0.141. The third-order valence-corrected chi connectivity index (χ3v) is 1.35. The first-order valence-electron chi connectivity index (χ1n) is 3.49. The van der Waals surface area contributed by atoms with Crippen LogP contribution in [-0.2, 0) is 9.53 Å². The maximum atomic E-state index is 10.3. The van der Waals surface area contributed by atoms with Crippen LogP contribution in [0.1, 0.15) is 26.2 Å². The van der Waals surface area contributed by atoms with E-state index in [1.165, 1.54) is 6.92 Å². The van der Waals surface area contributed by atoms with Crippen LogP contribution >= 0.6 is 15.9 Å². The molecule has 0 amide bonds. The summed E-state index contributed by atoms with van der Waals surface area (Å²) >= 11 is 3.00. The number of halogens is 1. The smallest absolute Gasteiger partial charge is 0.302 e. The number of carbonyl (C=O) groups is 1. The Hall–Kier alpha value is -0.490. The monoisotopic (exact) mass is 218 g/mol. The average molecular weight is 219 g/mol. The van der Waals surface area contributed by atoms with E-state index in [1.807, 2.05) is 0 Å². The second-order valence-corrected chi connectivity index (χ2v) is 2.46. The molecule has 0 bridgehead atoms. The summed E-state index contributed by atoms with van der Waals surface area (Å²) < 4.78 is 4.72. The Balaban J connectivity index is 3.00. The van der Waals surface area contributed by atoms with E-state index in [1.54, 1.807) is 0 Å². The number of hydrogen-bond donors (Lipinski definition) is 0. The fourth-order valence-corrected chi connectivity index (χ4v) is 0.777. The molecule has 2 nitrogen and oxygen atoms in total. The van der Waals surface area contributed by atoms with Crippen LogP contribution in [0.4, 0.5) is 0 Å². The first kappa shape index (κ1) is 10.5. The third kappa shape index (κ3) is 9.51. The molecule has 3 heteroatoms. The molecule has 0 heterocycles. The molecule has 0 spiro atoms. The maximum Gasteiger partial charge on any atom is 0.302 e. The van der Waals surface area contributed by atoms with Crippen molar-refractivity contribution >= 4 is 21.9 Å². The van der Waals surface area contributed by atoms with Crippen LogP contribution in [0.5, 0.6) is 0 Å². The Morgan fingerprint density at radius 1 is 1.55 bits per heavy atom. The van der Waals surface area contributed by atoms with Crippen LogP contribution in [0.15, 0.2) is 0 Å². The van der Waals surface area contributed by atoms with Gasteiger partial charge in [-0.15, -0.1) is 0 Å². The average Bonchev–Trinajstić information content (AvgIpc) is 1.96. The second-order valence-electron chi connectivity index (χ2n) is 2.07. The van der Waals surface area contributed by atoms with Gasteiger partial charge >= 0.3 is 5.97 Å². The van der Waals surface area contributed by atoms with Crippen LogP contribution in [-0.4, -0.2) is 12.6 Å². The van der Waals surface area contributed by atoms with Crippen molar-refractivity contribution in [1.29, 1.82) is 0 Å². The Morgan fingerprint density at radius 3 is 2.82 bits per heavy atom. The molecule has 0 aliphatic carbocycles. The van der Waals surface area contributed by atoms with Gasteiger partial charge in [-0.05, 0) is 17.7 Å². The van der Waals surface area contributed by atoms with Crippen LogP contribution in [0, 0.1) is 10.8 Å². The van der Waals surface area contributed by atoms with Gasteiger partial charge in [-0.3, -0.25) is 4.79 Å². The van der Waals surface area contributed by atoms with Gasteiger partial charge < -0.3 is 4.74 Å². The van der Waals surface area contributed by atoms with E-state index in [0.29, 0.717) is 6.61 Å². The molecule has 0 saturated heterocycles. The second kappa shape index (κ2) is 7.62. The Labute approximate surface area is 75.4 Å². The van der Waals surface area contributed by atoms with Gasteiger partial charge in [-0.25, -0.2) is 0 Å². The number of esters is 1. The number of hydrogen-bond acceptors (Lipinski definition) is 2. The first-order chi connectivity index (χ1) is 5.27. The summed E-state index contributed by atoms with van der Waals surface area (Å²) in [5.74, 6) is 2.65. The summed E-state index contributed by atoms with van der Waals surface area (Å²) in [6.45, 7) is 1.93. The molecular weight excluding hydrogens is 208 g/mol. The van der Waals surface area contributed by atoms with Crippen molar-refractivity contribution in [2.24, 2.45) is 0 Å². The van der Waals surface area contributed by atoms with E-state index < -0.39 is 0 Å². The van der Waals surface area contributed by atoms with E-state index in [2.05, 4.69) is 26.7 Å². The lowest BCUT2D eigenvalue weighted by Gasteiger charge is -1.98. The van der Waals surface area contributed by atoms with E-state index in [-0.39, 0.29) is 5.97 Å². The van der Waals surface area contributed by atoms with Crippen LogP contribution < -0.4 is 0 Å². The van der Waals surface area contributed by atoms with Gasteiger partial charge in [0.25, 0.3) is 0 Å². The third-order valence-electron chi connectivity index (χ3n) is 1.07. The standard InChI is InChI=1S/C8H11BrO2/c1-8(10)11-7-5-3-2-4-6-9/h2-3,5,7H2,1H3. The number of rotatable bonds is 4. The van der Waals surface area contributed by atoms with Gasteiger partial charge in [-0.1, -0.05) is 5.92 Å². The predicted molar refractivity (Wildman–Crippen MR) is 47.2 cm³/mol. The quantitative estimate of drug-likeness (QED) is 0.411. The van der Waals surface area contributed by atoms with E-state index in [9.17, 15) is 4.79 Å². The molecule has 0 N–H and O–H groups in total. The molecule has 0 fully saturated rings. The fraction of sp³-hybridized carbons (Fsp3) is 0.625. The largest absolute Gasteiger partial charge is 0.466 e. The van der Waals surface area contributed by atoms with E-state index in [4.69, 9.17) is 4.74 Å². The minimum atomic E-state index is -0.212. The minimum Gasteiger partial charge on any atom is -0.466 e. The molecule has 0 rings (SSSR count). The molecule has 0 radical (unpaired) electrons. The van der Waals surface area contributed by atoms with Gasteiger partial charge in [0.15, 0.2) is 0 Å². The number of unbranched alkanes of at least 4 members (excludes halogenated alkanes) is 2. The van der Waals surface area contributed by atoms with E-state index >= 15 is 0 Å². The summed E-state index contributed by atoms with van der Waals surface area (Å²) in [5.41, 5.74) is 0. The minimum absolute atomic E-state index is 0.212. The summed E-state index contributed by atoms with van der Waals surface area (Å²) in [7, 11) is 0. The van der Waals surface area contributed by atoms with Crippen molar-refractivity contribution in [3.05, 3.63) is 0 Å². The molecule has 62 valence electrons. The molecule has 0 saturated carbocycles. The highest BCUT2D eigenvalue weighted by atomic mass is 79.9. The highest BCUT2D eigenvalue weighted by Crippen LogP contribution is 1.94. The summed E-state index contributed by atoms with van der Waals surface area (Å²) in [4.78, 5) is 12.9. The SMILES string of the molecule is CC(=O)OCCCCC#CBr. The molecule has 0 unspecified atom stereocenters. The Kier molecular flexibility index (Phi) is 7.28. The molecule has 0 aliphatic rings. The first-order valence-corrected chi connectivity index (χ1v) is 4.28. The van der Waals surface area contributed by atoms with Gasteiger partial charge in [0.2, 0.25) is 0 Å². The lowest BCUT2D eigenvalue weighted by atomic mass is 10.2. The normalized spacial score (nSPS) is 8.18. The van der Waals surface area contributed by atoms with Gasteiger partial charge in [0.1, 0.15) is 0 Å². The predicted octanol–water partition coefficient (Wildman–Crippen LogP) is 2.08. The van der Waals surface area contributed by atoms with Crippen molar-refractivity contribution in [2.45, 2.75) is 26.2 Å². The van der Waals surface area contributed by atoms with Gasteiger partial charge in [-0.2, -0.15) is 0 Å². The molecule has 0 aliphatic heterocycles. The van der Waals surface area contributed by atoms with Crippen LogP contribution in [0.2, 0.25) is 0 Å². The molecule has 11 heavy (non-hydrogen) atoms. The van der Waals surface area contributed by atoms with Crippen molar-refractivity contribution in [1.82, 2.24) is 0 Å². The van der Waals surface area contributed by atoms with Crippen molar-refractivity contribution < 1.29 is 9.53 Å². The summed E-state index contributed by atoms with van der Waals surface area (Å²) in [5, 5.41) is 0. The van der Waals surface area contributed by atoms with Crippen molar-refractivity contribution in [2.75, 3.05) is 6.61 Å². The van der Waals surface area contributed by atoms with Crippen LogP contribution in [0.25, 0.3) is 0 Å². The van der Waals surface area contributed by atoms with Crippen molar-refractivity contribution in [3.8, 4) is 10.8 Å². The Bertz CT molecular complexity index is 167. The Morgan fingerprint density at radius 2 is 2.27 bits per heavy atom. The molecule has 0 aromatic carbocycles. The molecule has 0 aromatic rings. The maximum absolute atomic E-state index is 10.3. The van der Waals surface area contributed by atoms with Crippen molar-refractivity contribution in [3.63, 3.8) is 0 Å². The molecule has 0 atom stereocenters. The lowest BCUT2D eigenvalue weighted by Crippen LogP contribution is -1.99. The zero-order valence-corrected chi connectivity index (χ0v) is 8.11. The zero-order chi connectivity index (χ0) is 8.53. The van der Waals surface area contributed by atoms with Crippen LogP contribution in [0.3, 0.4) is 0 Å². The van der Waals surface area contributed by atoms with Gasteiger partial charge in [0, 0.05) is 29.3 Å².